The van der Waals surface area contributed by atoms with Gasteiger partial charge in [-0.05, 0) is 6.07 Å². The third kappa shape index (κ3) is 2.18. The zero-order valence-corrected chi connectivity index (χ0v) is 6.47. The predicted molar refractivity (Wildman–Crippen MR) is 38.5 cm³/mol. The molecule has 0 radical (unpaired) electrons. The summed E-state index contributed by atoms with van der Waals surface area (Å²) in [6, 6.07) is 3.87. The maximum absolute atomic E-state index is 12.8. The van der Waals surface area contributed by atoms with Crippen molar-refractivity contribution in [3.05, 3.63) is 29.3 Å². The highest BCUT2D eigenvalue weighted by Crippen LogP contribution is 2.17. The molecule has 2 nitrogen and oxygen atoms in total. The second-order valence-electron chi connectivity index (χ2n) is 2.32. The summed E-state index contributed by atoms with van der Waals surface area (Å²) < 4.78 is 36.7. The topological polar surface area (TPSA) is 36.7 Å². The zero-order chi connectivity index (χ0) is 9.84. The molecular formula is C8H5F3N2. The molecule has 13 heavy (non-hydrogen) atoms. The molecule has 0 spiro atoms. The van der Waals surface area contributed by atoms with Gasteiger partial charge in [0, 0.05) is 5.56 Å². The Morgan fingerprint density at radius 1 is 1.46 bits per heavy atom. The van der Waals surface area contributed by atoms with E-state index in [4.69, 9.17) is 5.26 Å². The zero-order valence-electron chi connectivity index (χ0n) is 6.47. The van der Waals surface area contributed by atoms with Gasteiger partial charge in [0.25, 0.3) is 6.43 Å². The normalized spacial score (nSPS) is 10.1. The van der Waals surface area contributed by atoms with Crippen LogP contribution in [0, 0.1) is 17.3 Å². The molecule has 0 atom stereocenters. The fourth-order valence-electron chi connectivity index (χ4n) is 0.816. The molecule has 0 aliphatic heterocycles. The number of aromatic nitrogens is 1. The first-order valence-electron chi connectivity index (χ1n) is 3.45. The van der Waals surface area contributed by atoms with Crippen LogP contribution in [-0.2, 0) is 6.42 Å². The molecule has 1 aromatic heterocycles. The monoisotopic (exact) mass is 186 g/mol. The third-order valence-corrected chi connectivity index (χ3v) is 1.44. The standard InChI is InChI=1S/C8H5F3N2/c9-7(10)6-2-1-5(3-4-12)8(11)13-6/h1-2,7H,3H2. The van der Waals surface area contributed by atoms with Crippen LogP contribution in [-0.4, -0.2) is 4.98 Å². The van der Waals surface area contributed by atoms with Crippen LogP contribution in [0.15, 0.2) is 12.1 Å². The number of hydrogen-bond donors (Lipinski definition) is 0. The quantitative estimate of drug-likeness (QED) is 0.664. The third-order valence-electron chi connectivity index (χ3n) is 1.44. The van der Waals surface area contributed by atoms with Crippen molar-refractivity contribution in [2.45, 2.75) is 12.8 Å². The van der Waals surface area contributed by atoms with E-state index < -0.39 is 18.1 Å². The maximum Gasteiger partial charge on any atom is 0.280 e. The van der Waals surface area contributed by atoms with Gasteiger partial charge in [-0.15, -0.1) is 0 Å². The smallest absolute Gasteiger partial charge is 0.219 e. The highest BCUT2D eigenvalue weighted by atomic mass is 19.3. The molecule has 0 saturated carbocycles. The van der Waals surface area contributed by atoms with Gasteiger partial charge in [0.05, 0.1) is 12.5 Å². The molecular weight excluding hydrogens is 181 g/mol. The molecule has 0 aliphatic rings. The Kier molecular flexibility index (Phi) is 2.85. The minimum Gasteiger partial charge on any atom is -0.219 e. The van der Waals surface area contributed by atoms with Crippen molar-refractivity contribution in [1.82, 2.24) is 4.98 Å². The molecule has 0 aliphatic carbocycles. The van der Waals surface area contributed by atoms with E-state index in [1.54, 1.807) is 6.07 Å². The molecule has 0 N–H and O–H groups in total. The molecule has 0 bridgehead atoms. The SMILES string of the molecule is N#CCc1ccc(C(F)F)nc1F. The lowest BCUT2D eigenvalue weighted by atomic mass is 10.2. The average molecular weight is 186 g/mol. The summed E-state index contributed by atoms with van der Waals surface area (Å²) in [4.78, 5) is 3.02. The van der Waals surface area contributed by atoms with Crippen LogP contribution >= 0.6 is 0 Å². The van der Waals surface area contributed by atoms with E-state index in [9.17, 15) is 13.2 Å². The number of rotatable bonds is 2. The van der Waals surface area contributed by atoms with Crippen molar-refractivity contribution in [2.24, 2.45) is 0 Å². The number of halogens is 3. The Labute approximate surface area is 72.6 Å². The largest absolute Gasteiger partial charge is 0.280 e. The van der Waals surface area contributed by atoms with Gasteiger partial charge in [0.1, 0.15) is 5.69 Å². The second kappa shape index (κ2) is 3.90. The summed E-state index contributed by atoms with van der Waals surface area (Å²) in [7, 11) is 0. The minimum absolute atomic E-state index is 0.0342. The molecule has 0 fully saturated rings. The first-order chi connectivity index (χ1) is 6.15. The van der Waals surface area contributed by atoms with Crippen LogP contribution in [0.3, 0.4) is 0 Å². The van der Waals surface area contributed by atoms with E-state index in [1.165, 1.54) is 0 Å². The Balaban J connectivity index is 3.00. The number of alkyl halides is 2. The molecule has 0 unspecified atom stereocenters. The molecule has 1 heterocycles. The molecule has 0 amide bonds. The Hall–Kier alpha value is -1.57. The van der Waals surface area contributed by atoms with E-state index in [2.05, 4.69) is 4.98 Å². The van der Waals surface area contributed by atoms with Crippen molar-refractivity contribution in [3.63, 3.8) is 0 Å². The Morgan fingerprint density at radius 2 is 2.15 bits per heavy atom. The van der Waals surface area contributed by atoms with E-state index in [1.807, 2.05) is 0 Å². The summed E-state index contributed by atoms with van der Waals surface area (Å²) in [5, 5.41) is 8.23. The van der Waals surface area contributed by atoms with Crippen molar-refractivity contribution >= 4 is 0 Å². The van der Waals surface area contributed by atoms with Crippen molar-refractivity contribution in [3.8, 4) is 6.07 Å². The van der Waals surface area contributed by atoms with Gasteiger partial charge in [-0.3, -0.25) is 0 Å². The van der Waals surface area contributed by atoms with Crippen LogP contribution in [0.4, 0.5) is 13.2 Å². The number of nitriles is 1. The van der Waals surface area contributed by atoms with Gasteiger partial charge < -0.3 is 0 Å². The van der Waals surface area contributed by atoms with Crippen molar-refractivity contribution < 1.29 is 13.2 Å². The van der Waals surface area contributed by atoms with Gasteiger partial charge in [0.15, 0.2) is 0 Å². The summed E-state index contributed by atoms with van der Waals surface area (Å²) in [5.74, 6) is -1.00. The number of pyridine rings is 1. The fraction of sp³-hybridized carbons (Fsp3) is 0.250. The van der Waals surface area contributed by atoms with E-state index >= 15 is 0 Å². The highest BCUT2D eigenvalue weighted by molar-refractivity contribution is 5.19. The van der Waals surface area contributed by atoms with E-state index in [0.29, 0.717) is 0 Å². The van der Waals surface area contributed by atoms with E-state index in [0.717, 1.165) is 12.1 Å². The van der Waals surface area contributed by atoms with Gasteiger partial charge in [-0.2, -0.15) is 9.65 Å². The van der Waals surface area contributed by atoms with Crippen molar-refractivity contribution in [1.29, 1.82) is 5.26 Å². The molecule has 0 saturated heterocycles. The molecule has 1 rings (SSSR count). The Morgan fingerprint density at radius 3 is 2.62 bits per heavy atom. The van der Waals surface area contributed by atoms with Crippen LogP contribution in [0.5, 0.6) is 0 Å². The number of hydrogen-bond acceptors (Lipinski definition) is 2. The average Bonchev–Trinajstić information content (AvgIpc) is 2.08. The Bertz CT molecular complexity index is 344. The number of nitrogens with zero attached hydrogens (tertiary/aromatic N) is 2. The molecule has 0 aromatic carbocycles. The predicted octanol–water partition coefficient (Wildman–Crippen LogP) is 2.22. The van der Waals surface area contributed by atoms with Crippen LogP contribution in [0.1, 0.15) is 17.7 Å². The van der Waals surface area contributed by atoms with Gasteiger partial charge >= 0.3 is 0 Å². The lowest BCUT2D eigenvalue weighted by molar-refractivity contribution is 0.144. The molecule has 5 heteroatoms. The molecule has 1 aromatic rings. The van der Waals surface area contributed by atoms with Gasteiger partial charge in [0.2, 0.25) is 5.95 Å². The van der Waals surface area contributed by atoms with Gasteiger partial charge in [-0.25, -0.2) is 13.8 Å². The summed E-state index contributed by atoms with van der Waals surface area (Å²) in [5.41, 5.74) is -0.578. The first kappa shape index (κ1) is 9.52. The van der Waals surface area contributed by atoms with Crippen LogP contribution < -0.4 is 0 Å². The summed E-state index contributed by atoms with van der Waals surface area (Å²) >= 11 is 0. The maximum atomic E-state index is 12.8. The fourth-order valence-corrected chi connectivity index (χ4v) is 0.816. The summed E-state index contributed by atoms with van der Waals surface area (Å²) in [6.45, 7) is 0. The first-order valence-corrected chi connectivity index (χ1v) is 3.45. The second-order valence-corrected chi connectivity index (χ2v) is 2.32. The lowest BCUT2D eigenvalue weighted by Crippen LogP contribution is -1.98. The lowest BCUT2D eigenvalue weighted by Gasteiger charge is -2.00. The highest BCUT2D eigenvalue weighted by Gasteiger charge is 2.11. The van der Waals surface area contributed by atoms with Gasteiger partial charge in [-0.1, -0.05) is 6.07 Å². The summed E-state index contributed by atoms with van der Waals surface area (Å²) in [6.07, 6.45) is -2.95. The van der Waals surface area contributed by atoms with Crippen molar-refractivity contribution in [2.75, 3.05) is 0 Å². The molecule has 68 valence electrons. The van der Waals surface area contributed by atoms with Crippen LogP contribution in [0.2, 0.25) is 0 Å². The minimum atomic E-state index is -2.79. The van der Waals surface area contributed by atoms with Crippen LogP contribution in [0.25, 0.3) is 0 Å². The van der Waals surface area contributed by atoms with E-state index in [-0.39, 0.29) is 12.0 Å².